The van der Waals surface area contributed by atoms with Gasteiger partial charge in [-0.05, 0) is 38.5 Å². The summed E-state index contributed by atoms with van der Waals surface area (Å²) in [6, 6.07) is 13.4. The average molecular weight is 344 g/mol. The Morgan fingerprint density at radius 3 is 2.20 bits per heavy atom. The van der Waals surface area contributed by atoms with Gasteiger partial charge in [-0.1, -0.05) is 36.4 Å². The molecular weight excluding hydrogens is 320 g/mol. The fourth-order valence-corrected chi connectivity index (χ4v) is 2.35. The second-order valence-electron chi connectivity index (χ2n) is 6.73. The lowest BCUT2D eigenvalue weighted by atomic mass is 9.87. The third-order valence-electron chi connectivity index (χ3n) is 3.78. The largest absolute Gasteiger partial charge is 0.493 e. The van der Waals surface area contributed by atoms with Gasteiger partial charge in [0.25, 0.3) is 0 Å². The van der Waals surface area contributed by atoms with Crippen molar-refractivity contribution in [3.8, 4) is 11.5 Å². The van der Waals surface area contributed by atoms with E-state index in [0.29, 0.717) is 22.6 Å². The van der Waals surface area contributed by atoms with Gasteiger partial charge < -0.3 is 19.7 Å². The number of benzene rings is 2. The lowest BCUT2D eigenvalue weighted by molar-refractivity contribution is 0.0274. The van der Waals surface area contributed by atoms with E-state index in [1.807, 2.05) is 6.07 Å². The van der Waals surface area contributed by atoms with Gasteiger partial charge in [-0.3, -0.25) is 4.79 Å². The molecule has 0 aliphatic rings. The Bertz CT molecular complexity index is 729. The van der Waals surface area contributed by atoms with Crippen LogP contribution in [-0.2, 0) is 5.60 Å². The number of carbonyl (C=O) groups excluding carboxylic acids is 1. The zero-order valence-electron chi connectivity index (χ0n) is 14.9. The van der Waals surface area contributed by atoms with Crippen molar-refractivity contribution in [3.05, 3.63) is 59.7 Å². The van der Waals surface area contributed by atoms with Crippen LogP contribution in [0.4, 0.5) is 0 Å². The normalized spacial score (nSPS) is 13.8. The summed E-state index contributed by atoms with van der Waals surface area (Å²) in [5.41, 5.74) is -1.87. The van der Waals surface area contributed by atoms with E-state index in [0.717, 1.165) is 0 Å². The number of ether oxygens (including phenoxy) is 2. The van der Waals surface area contributed by atoms with Gasteiger partial charge in [0.15, 0.2) is 17.3 Å². The number of rotatable bonds is 7. The fraction of sp³-hybridized carbons (Fsp3) is 0.350. The maximum atomic E-state index is 12.7. The number of carbonyl (C=O) groups is 1. The van der Waals surface area contributed by atoms with E-state index >= 15 is 0 Å². The Balaban J connectivity index is 2.31. The van der Waals surface area contributed by atoms with Gasteiger partial charge in [0.1, 0.15) is 12.2 Å². The monoisotopic (exact) mass is 344 g/mol. The van der Waals surface area contributed by atoms with E-state index in [1.165, 1.54) is 14.0 Å². The summed E-state index contributed by atoms with van der Waals surface area (Å²) in [4.78, 5) is 12.7. The van der Waals surface area contributed by atoms with Crippen molar-refractivity contribution >= 4 is 5.78 Å². The molecule has 2 N–H and O–H groups in total. The number of aliphatic hydroxyl groups is 2. The minimum Gasteiger partial charge on any atom is -0.493 e. The molecule has 0 spiro atoms. The first-order valence-electron chi connectivity index (χ1n) is 8.01. The molecule has 0 aromatic heterocycles. The Morgan fingerprint density at radius 1 is 1.00 bits per heavy atom. The summed E-state index contributed by atoms with van der Waals surface area (Å²) in [5.74, 6) is 0.402. The fourth-order valence-electron chi connectivity index (χ4n) is 2.35. The number of methoxy groups -OCH3 is 1. The predicted molar refractivity (Wildman–Crippen MR) is 95.1 cm³/mol. The van der Waals surface area contributed by atoms with Crippen molar-refractivity contribution < 1.29 is 24.5 Å². The Morgan fingerprint density at radius 2 is 1.64 bits per heavy atom. The van der Waals surface area contributed by atoms with Crippen LogP contribution in [0.3, 0.4) is 0 Å². The molecule has 0 heterocycles. The molecule has 0 radical (unpaired) electrons. The second-order valence-corrected chi connectivity index (χ2v) is 6.73. The van der Waals surface area contributed by atoms with Crippen LogP contribution in [0.25, 0.3) is 0 Å². The smallest absolute Gasteiger partial charge is 0.198 e. The van der Waals surface area contributed by atoms with Gasteiger partial charge in [0.05, 0.1) is 12.7 Å². The van der Waals surface area contributed by atoms with E-state index in [2.05, 4.69) is 0 Å². The zero-order chi connectivity index (χ0) is 18.7. The molecular formula is C20H24O5. The third kappa shape index (κ3) is 4.59. The molecule has 0 aliphatic heterocycles. The van der Waals surface area contributed by atoms with Gasteiger partial charge in [-0.25, -0.2) is 0 Å². The molecule has 5 nitrogen and oxygen atoms in total. The maximum absolute atomic E-state index is 12.7. The SMILES string of the molecule is COc1cc(C(C)(O)C(=O)c2ccccc2)ccc1OCC(C)(C)O. The molecule has 0 saturated heterocycles. The molecule has 134 valence electrons. The molecule has 5 heteroatoms. The standard InChI is InChI=1S/C20H24O5/c1-19(2,22)13-25-16-11-10-15(12-17(16)24-4)20(3,23)18(21)14-8-6-5-7-9-14/h5-12,22-23H,13H2,1-4H3. The van der Waals surface area contributed by atoms with E-state index in [4.69, 9.17) is 9.47 Å². The minimum atomic E-state index is -1.70. The van der Waals surface area contributed by atoms with Crippen LogP contribution in [0, 0.1) is 0 Å². The first-order valence-corrected chi connectivity index (χ1v) is 8.01. The first kappa shape index (κ1) is 19.0. The van der Waals surface area contributed by atoms with Crippen LogP contribution < -0.4 is 9.47 Å². The molecule has 0 aliphatic carbocycles. The first-order chi connectivity index (χ1) is 11.6. The predicted octanol–water partition coefficient (Wildman–Crippen LogP) is 2.94. The molecule has 1 unspecified atom stereocenters. The van der Waals surface area contributed by atoms with Crippen LogP contribution in [0.5, 0.6) is 11.5 Å². The van der Waals surface area contributed by atoms with Crippen LogP contribution in [-0.4, -0.2) is 35.3 Å². The molecule has 0 saturated carbocycles. The molecule has 1 atom stereocenters. The van der Waals surface area contributed by atoms with Gasteiger partial charge in [0, 0.05) is 5.56 Å². The van der Waals surface area contributed by atoms with E-state index in [-0.39, 0.29) is 6.61 Å². The quantitative estimate of drug-likeness (QED) is 0.755. The van der Waals surface area contributed by atoms with Gasteiger partial charge >= 0.3 is 0 Å². The number of Topliss-reactive ketones (excluding diaryl/α,β-unsaturated/α-hetero) is 1. The average Bonchev–Trinajstić information content (AvgIpc) is 2.59. The van der Waals surface area contributed by atoms with Crippen molar-refractivity contribution in [2.45, 2.75) is 32.0 Å². The molecule has 2 aromatic carbocycles. The van der Waals surface area contributed by atoms with Gasteiger partial charge in [0.2, 0.25) is 0 Å². The van der Waals surface area contributed by atoms with Crippen molar-refractivity contribution in [2.75, 3.05) is 13.7 Å². The molecule has 0 amide bonds. The van der Waals surface area contributed by atoms with Gasteiger partial charge in [-0.15, -0.1) is 0 Å². The summed E-state index contributed by atoms with van der Waals surface area (Å²) >= 11 is 0. The highest BCUT2D eigenvalue weighted by atomic mass is 16.5. The highest BCUT2D eigenvalue weighted by Crippen LogP contribution is 2.34. The maximum Gasteiger partial charge on any atom is 0.198 e. The summed E-state index contributed by atoms with van der Waals surface area (Å²) in [6.07, 6.45) is 0. The Labute approximate surface area is 147 Å². The van der Waals surface area contributed by atoms with Crippen molar-refractivity contribution in [2.24, 2.45) is 0 Å². The molecule has 0 fully saturated rings. The zero-order valence-corrected chi connectivity index (χ0v) is 14.9. The molecule has 0 bridgehead atoms. The minimum absolute atomic E-state index is 0.0854. The number of hydrogen-bond acceptors (Lipinski definition) is 5. The molecule has 2 rings (SSSR count). The van der Waals surface area contributed by atoms with Crippen molar-refractivity contribution in [1.29, 1.82) is 0 Å². The number of ketones is 1. The molecule has 2 aromatic rings. The third-order valence-corrected chi connectivity index (χ3v) is 3.78. The Hall–Kier alpha value is -2.37. The summed E-state index contributed by atoms with van der Waals surface area (Å²) < 4.78 is 10.9. The van der Waals surface area contributed by atoms with Gasteiger partial charge in [-0.2, -0.15) is 0 Å². The second kappa shape index (κ2) is 7.25. The lowest BCUT2D eigenvalue weighted by Gasteiger charge is -2.24. The summed E-state index contributed by atoms with van der Waals surface area (Å²) in [6.45, 7) is 4.81. The highest BCUT2D eigenvalue weighted by Gasteiger charge is 2.34. The van der Waals surface area contributed by atoms with Crippen molar-refractivity contribution in [1.82, 2.24) is 0 Å². The highest BCUT2D eigenvalue weighted by molar-refractivity contribution is 6.02. The van der Waals surface area contributed by atoms with Crippen molar-refractivity contribution in [3.63, 3.8) is 0 Å². The Kier molecular flexibility index (Phi) is 5.50. The van der Waals surface area contributed by atoms with Crippen LogP contribution in [0.15, 0.2) is 48.5 Å². The number of hydrogen-bond donors (Lipinski definition) is 2. The summed E-state index contributed by atoms with van der Waals surface area (Å²) in [5, 5.41) is 20.6. The summed E-state index contributed by atoms with van der Waals surface area (Å²) in [7, 11) is 1.48. The lowest BCUT2D eigenvalue weighted by Crippen LogP contribution is -2.32. The topological polar surface area (TPSA) is 76.0 Å². The van der Waals surface area contributed by atoms with E-state index in [9.17, 15) is 15.0 Å². The molecule has 25 heavy (non-hydrogen) atoms. The van der Waals surface area contributed by atoms with E-state index in [1.54, 1.807) is 56.3 Å². The van der Waals surface area contributed by atoms with Crippen LogP contribution in [0.2, 0.25) is 0 Å². The van der Waals surface area contributed by atoms with E-state index < -0.39 is 17.0 Å². The van der Waals surface area contributed by atoms with Crippen LogP contribution in [0.1, 0.15) is 36.7 Å². The van der Waals surface area contributed by atoms with Crippen LogP contribution >= 0.6 is 0 Å².